The minimum atomic E-state index is -1.32. The minimum absolute atomic E-state index is 0.0784. The molecule has 1 amide bonds. The highest BCUT2D eigenvalue weighted by Crippen LogP contribution is 2.55. The molecule has 27 heavy (non-hydrogen) atoms. The number of carbonyl (C=O) groups is 1. The number of hydrogen-bond acceptors (Lipinski definition) is 5. The van der Waals surface area contributed by atoms with Crippen molar-refractivity contribution in [2.45, 2.75) is 32.6 Å². The number of H-pyrrole nitrogens is 1. The molecule has 2 aliphatic rings. The average Bonchev–Trinajstić information content (AvgIpc) is 3.11. The Kier molecular flexibility index (Phi) is 3.74. The summed E-state index contributed by atoms with van der Waals surface area (Å²) in [6.07, 6.45) is 0.852. The molecule has 0 saturated carbocycles. The van der Waals surface area contributed by atoms with Crippen LogP contribution in [0, 0.1) is 24.2 Å². The second-order valence-corrected chi connectivity index (χ2v) is 7.39. The highest BCUT2D eigenvalue weighted by molar-refractivity contribution is 6.14. The third-order valence-corrected chi connectivity index (χ3v) is 5.32. The Morgan fingerprint density at radius 1 is 1.41 bits per heavy atom. The molecular weight excluding hydrogens is 342 g/mol. The number of anilines is 1. The number of hydrogen-bond donors (Lipinski definition) is 2. The highest BCUT2D eigenvalue weighted by atomic mass is 16.5. The Bertz CT molecular complexity index is 1010. The number of nitriles is 1. The summed E-state index contributed by atoms with van der Waals surface area (Å²) in [6.45, 7) is 6.63. The van der Waals surface area contributed by atoms with Crippen molar-refractivity contribution < 1.29 is 9.53 Å². The molecule has 7 heteroatoms. The number of amides is 1. The largest absolute Gasteiger partial charge is 0.420 e. The van der Waals surface area contributed by atoms with E-state index in [0.717, 1.165) is 17.7 Å². The monoisotopic (exact) mass is 363 g/mol. The average molecular weight is 363 g/mol. The maximum absolute atomic E-state index is 13.9. The Balaban J connectivity index is 2.03. The molecule has 0 bridgehead atoms. The van der Waals surface area contributed by atoms with Crippen LogP contribution >= 0.6 is 0 Å². The van der Waals surface area contributed by atoms with Gasteiger partial charge in [-0.15, -0.1) is 5.10 Å². The van der Waals surface area contributed by atoms with Crippen molar-refractivity contribution in [2.75, 3.05) is 11.4 Å². The molecular formula is C20H21N5O2. The van der Waals surface area contributed by atoms with Crippen LogP contribution in [0.5, 0.6) is 5.88 Å². The lowest BCUT2D eigenvalue weighted by atomic mass is 9.69. The van der Waals surface area contributed by atoms with Crippen molar-refractivity contribution in [3.8, 4) is 11.9 Å². The van der Waals surface area contributed by atoms with Crippen LogP contribution in [-0.2, 0) is 10.2 Å². The maximum Gasteiger partial charge on any atom is 0.247 e. The lowest BCUT2D eigenvalue weighted by Gasteiger charge is -2.32. The van der Waals surface area contributed by atoms with E-state index in [9.17, 15) is 10.1 Å². The van der Waals surface area contributed by atoms with Crippen LogP contribution in [0.15, 0.2) is 35.7 Å². The summed E-state index contributed by atoms with van der Waals surface area (Å²) >= 11 is 0. The first-order valence-electron chi connectivity index (χ1n) is 8.98. The maximum atomic E-state index is 13.9. The number of fused-ring (bicyclic) bond motifs is 4. The smallest absolute Gasteiger partial charge is 0.247 e. The third kappa shape index (κ3) is 2.13. The van der Waals surface area contributed by atoms with Gasteiger partial charge in [-0.1, -0.05) is 32.0 Å². The van der Waals surface area contributed by atoms with Gasteiger partial charge in [0.25, 0.3) is 0 Å². The zero-order valence-corrected chi connectivity index (χ0v) is 15.5. The molecule has 7 nitrogen and oxygen atoms in total. The number of nitrogens with one attached hydrogen (secondary N) is 1. The molecule has 1 spiro atoms. The van der Waals surface area contributed by atoms with Crippen LogP contribution in [0.4, 0.5) is 5.69 Å². The van der Waals surface area contributed by atoms with E-state index in [4.69, 9.17) is 10.5 Å². The van der Waals surface area contributed by atoms with E-state index in [1.807, 2.05) is 31.2 Å². The van der Waals surface area contributed by atoms with Crippen molar-refractivity contribution in [1.29, 1.82) is 5.26 Å². The number of carbonyl (C=O) groups excluding carboxylic acids is 1. The molecule has 0 unspecified atom stereocenters. The van der Waals surface area contributed by atoms with Crippen LogP contribution in [0.25, 0.3) is 0 Å². The molecule has 1 aromatic heterocycles. The number of aromatic nitrogens is 2. The quantitative estimate of drug-likeness (QED) is 0.871. The molecule has 3 N–H and O–H groups in total. The molecule has 2 aromatic rings. The van der Waals surface area contributed by atoms with E-state index in [2.05, 4.69) is 30.1 Å². The number of aryl methyl sites for hydroxylation is 1. The number of ether oxygens (including phenoxy) is 1. The molecule has 0 aliphatic carbocycles. The molecule has 1 atom stereocenters. The highest BCUT2D eigenvalue weighted by Gasteiger charge is 2.60. The Morgan fingerprint density at radius 3 is 2.85 bits per heavy atom. The van der Waals surface area contributed by atoms with Crippen LogP contribution < -0.4 is 15.4 Å². The summed E-state index contributed by atoms with van der Waals surface area (Å²) in [5.41, 5.74) is 7.65. The number of aromatic amines is 1. The lowest BCUT2D eigenvalue weighted by Crippen LogP contribution is -2.46. The number of nitrogens with two attached hydrogens (primary N) is 1. The number of nitrogens with zero attached hydrogens (tertiary/aromatic N) is 3. The summed E-state index contributed by atoms with van der Waals surface area (Å²) < 4.78 is 5.56. The Morgan fingerprint density at radius 2 is 2.15 bits per heavy atom. The van der Waals surface area contributed by atoms with Gasteiger partial charge in [0.2, 0.25) is 17.7 Å². The molecule has 3 heterocycles. The predicted molar refractivity (Wildman–Crippen MR) is 99.8 cm³/mol. The van der Waals surface area contributed by atoms with Gasteiger partial charge in [-0.05, 0) is 25.3 Å². The number of benzene rings is 1. The van der Waals surface area contributed by atoms with Gasteiger partial charge < -0.3 is 15.4 Å². The van der Waals surface area contributed by atoms with Crippen LogP contribution in [0.2, 0.25) is 0 Å². The van der Waals surface area contributed by atoms with Gasteiger partial charge >= 0.3 is 0 Å². The zero-order valence-electron chi connectivity index (χ0n) is 15.5. The number of para-hydroxylation sites is 1. The summed E-state index contributed by atoms with van der Waals surface area (Å²) in [4.78, 5) is 15.6. The summed E-state index contributed by atoms with van der Waals surface area (Å²) in [5.74, 6) is 0.430. The first kappa shape index (κ1) is 17.2. The summed E-state index contributed by atoms with van der Waals surface area (Å²) in [6, 6.07) is 9.71. The molecule has 4 rings (SSSR count). The normalized spacial score (nSPS) is 20.7. The van der Waals surface area contributed by atoms with E-state index in [1.54, 1.807) is 4.90 Å². The lowest BCUT2D eigenvalue weighted by molar-refractivity contribution is -0.121. The molecule has 0 saturated heterocycles. The molecule has 0 radical (unpaired) electrons. The van der Waals surface area contributed by atoms with Gasteiger partial charge in [-0.2, -0.15) is 5.26 Å². The molecule has 0 fully saturated rings. The topological polar surface area (TPSA) is 108 Å². The fourth-order valence-corrected chi connectivity index (χ4v) is 4.07. The standard InChI is InChI=1S/C20H21N5O2/c1-11(2)8-9-25-15-7-5-4-6-13(15)20(19(25)26)14(10-21)17(22)27-18-16(20)12(3)23-24-18/h4-7,11H,8-9,22H2,1-3H3,(H,23,24)/t20-/m1/s1. The molecule has 1 aromatic carbocycles. The fourth-order valence-electron chi connectivity index (χ4n) is 4.07. The van der Waals surface area contributed by atoms with Crippen molar-refractivity contribution >= 4 is 11.6 Å². The van der Waals surface area contributed by atoms with Crippen LogP contribution in [0.3, 0.4) is 0 Å². The van der Waals surface area contributed by atoms with E-state index < -0.39 is 5.41 Å². The second kappa shape index (κ2) is 5.88. The summed E-state index contributed by atoms with van der Waals surface area (Å²) in [7, 11) is 0. The fraction of sp³-hybridized carbons (Fsp3) is 0.350. The second-order valence-electron chi connectivity index (χ2n) is 7.39. The van der Waals surface area contributed by atoms with Gasteiger partial charge in [0.1, 0.15) is 17.1 Å². The Labute approximate surface area is 157 Å². The zero-order chi connectivity index (χ0) is 19.3. The molecule has 2 aliphatic heterocycles. The van der Waals surface area contributed by atoms with Gasteiger partial charge in [-0.25, -0.2) is 0 Å². The SMILES string of the molecule is Cc1[nH]nc2c1[C@]1(C(=O)N(CCC(C)C)c3ccccc31)C(C#N)=C(N)O2. The van der Waals surface area contributed by atoms with Crippen molar-refractivity contribution in [1.82, 2.24) is 10.2 Å². The van der Waals surface area contributed by atoms with Crippen molar-refractivity contribution in [2.24, 2.45) is 11.7 Å². The van der Waals surface area contributed by atoms with Crippen LogP contribution in [-0.4, -0.2) is 22.6 Å². The predicted octanol–water partition coefficient (Wildman–Crippen LogP) is 2.48. The van der Waals surface area contributed by atoms with Crippen molar-refractivity contribution in [3.63, 3.8) is 0 Å². The Hall–Kier alpha value is -3.27. The minimum Gasteiger partial charge on any atom is -0.420 e. The van der Waals surface area contributed by atoms with Crippen molar-refractivity contribution in [3.05, 3.63) is 52.5 Å². The summed E-state index contributed by atoms with van der Waals surface area (Å²) in [5, 5.41) is 17.0. The third-order valence-electron chi connectivity index (χ3n) is 5.32. The van der Waals surface area contributed by atoms with E-state index in [1.165, 1.54) is 0 Å². The van der Waals surface area contributed by atoms with E-state index in [0.29, 0.717) is 23.7 Å². The first-order valence-corrected chi connectivity index (χ1v) is 8.98. The molecule has 138 valence electrons. The first-order chi connectivity index (χ1) is 12.9. The van der Waals surface area contributed by atoms with Gasteiger partial charge in [0, 0.05) is 23.5 Å². The van der Waals surface area contributed by atoms with Gasteiger partial charge in [0.15, 0.2) is 0 Å². The van der Waals surface area contributed by atoms with Gasteiger partial charge in [0.05, 0.1) is 5.56 Å². The van der Waals surface area contributed by atoms with E-state index >= 15 is 0 Å². The van der Waals surface area contributed by atoms with Gasteiger partial charge in [-0.3, -0.25) is 9.89 Å². The van der Waals surface area contributed by atoms with E-state index in [-0.39, 0.29) is 23.2 Å². The van der Waals surface area contributed by atoms with Crippen LogP contribution in [0.1, 0.15) is 37.1 Å². The number of rotatable bonds is 3.